The number of carbonyl (C=O) groups is 1. The Bertz CT molecular complexity index is 493. The van der Waals surface area contributed by atoms with Gasteiger partial charge in [0, 0.05) is 18.7 Å². The lowest BCUT2D eigenvalue weighted by Gasteiger charge is -2.37. The van der Waals surface area contributed by atoms with Crippen LogP contribution in [0.2, 0.25) is 0 Å². The van der Waals surface area contributed by atoms with Crippen LogP contribution < -0.4 is 4.90 Å². The smallest absolute Gasteiger partial charge is 0.150 e. The van der Waals surface area contributed by atoms with Crippen molar-refractivity contribution in [2.75, 3.05) is 18.0 Å². The summed E-state index contributed by atoms with van der Waals surface area (Å²) in [6.45, 7) is 3.29. The maximum atomic E-state index is 10.7. The van der Waals surface area contributed by atoms with Crippen molar-refractivity contribution in [3.63, 3.8) is 0 Å². The number of anilines is 1. The highest BCUT2D eigenvalue weighted by molar-refractivity contribution is 5.78. The summed E-state index contributed by atoms with van der Waals surface area (Å²) in [6, 6.07) is 7.26. The molecule has 1 aliphatic rings. The van der Waals surface area contributed by atoms with E-state index in [4.69, 9.17) is 5.26 Å². The van der Waals surface area contributed by atoms with Gasteiger partial charge in [-0.3, -0.25) is 4.79 Å². The van der Waals surface area contributed by atoms with Crippen LogP contribution in [0, 0.1) is 11.3 Å². The molecule has 1 aliphatic heterocycles. The molecule has 0 aliphatic carbocycles. The Balaban J connectivity index is 2.24. The van der Waals surface area contributed by atoms with Crippen molar-refractivity contribution in [3.05, 3.63) is 29.3 Å². The number of nitriles is 1. The fourth-order valence-corrected chi connectivity index (χ4v) is 2.22. The molecule has 0 bridgehead atoms. The molecule has 2 rings (SSSR count). The number of aldehydes is 1. The van der Waals surface area contributed by atoms with Crippen LogP contribution in [0.5, 0.6) is 0 Å². The second kappa shape index (κ2) is 4.79. The van der Waals surface area contributed by atoms with E-state index in [1.807, 2.05) is 13.0 Å². The highest BCUT2D eigenvalue weighted by Gasteiger charge is 2.28. The van der Waals surface area contributed by atoms with Crippen LogP contribution in [0.15, 0.2) is 18.2 Å². The molecular formula is C14H16N2O2. The molecule has 18 heavy (non-hydrogen) atoms. The van der Waals surface area contributed by atoms with Crippen LogP contribution in [0.25, 0.3) is 0 Å². The first-order valence-electron chi connectivity index (χ1n) is 6.02. The van der Waals surface area contributed by atoms with Gasteiger partial charge in [-0.25, -0.2) is 0 Å². The molecule has 1 aromatic rings. The highest BCUT2D eigenvalue weighted by Crippen LogP contribution is 2.28. The number of hydrogen-bond acceptors (Lipinski definition) is 4. The maximum Gasteiger partial charge on any atom is 0.150 e. The lowest BCUT2D eigenvalue weighted by Crippen LogP contribution is -2.42. The number of rotatable bonds is 2. The molecule has 0 unspecified atom stereocenters. The van der Waals surface area contributed by atoms with Crippen molar-refractivity contribution in [2.24, 2.45) is 0 Å². The van der Waals surface area contributed by atoms with E-state index in [2.05, 4.69) is 11.0 Å². The molecule has 1 saturated heterocycles. The molecular weight excluding hydrogens is 228 g/mol. The first-order valence-corrected chi connectivity index (χ1v) is 6.02. The van der Waals surface area contributed by atoms with Crippen LogP contribution in [0.4, 0.5) is 5.69 Å². The molecule has 4 heteroatoms. The second-order valence-corrected chi connectivity index (χ2v) is 4.99. The van der Waals surface area contributed by atoms with E-state index in [1.165, 1.54) is 0 Å². The van der Waals surface area contributed by atoms with Gasteiger partial charge in [0.25, 0.3) is 0 Å². The lowest BCUT2D eigenvalue weighted by atomic mass is 9.93. The van der Waals surface area contributed by atoms with Gasteiger partial charge in [0.2, 0.25) is 0 Å². The standard InChI is InChI=1S/C14H16N2O2/c1-14(18)4-6-16(7-5-14)13-3-2-11(10-17)8-12(13)9-15/h2-3,8,10,18H,4-7H2,1H3. The van der Waals surface area contributed by atoms with Gasteiger partial charge >= 0.3 is 0 Å². The molecule has 0 spiro atoms. The number of aliphatic hydroxyl groups is 1. The topological polar surface area (TPSA) is 64.3 Å². The first-order chi connectivity index (χ1) is 8.55. The van der Waals surface area contributed by atoms with Crippen LogP contribution in [-0.2, 0) is 0 Å². The Hall–Kier alpha value is -1.86. The minimum atomic E-state index is -0.605. The summed E-state index contributed by atoms with van der Waals surface area (Å²) < 4.78 is 0. The van der Waals surface area contributed by atoms with Crippen molar-refractivity contribution in [2.45, 2.75) is 25.4 Å². The average Bonchev–Trinajstić information content (AvgIpc) is 2.38. The number of hydrogen-bond donors (Lipinski definition) is 1. The summed E-state index contributed by atoms with van der Waals surface area (Å²) in [5, 5.41) is 19.0. The average molecular weight is 244 g/mol. The summed E-state index contributed by atoms with van der Waals surface area (Å²) in [5.41, 5.74) is 1.27. The Morgan fingerprint density at radius 1 is 1.44 bits per heavy atom. The quantitative estimate of drug-likeness (QED) is 0.804. The monoisotopic (exact) mass is 244 g/mol. The van der Waals surface area contributed by atoms with Gasteiger partial charge in [0.05, 0.1) is 16.9 Å². The minimum absolute atomic E-state index is 0.513. The molecule has 94 valence electrons. The van der Waals surface area contributed by atoms with Crippen molar-refractivity contribution in [1.82, 2.24) is 0 Å². The summed E-state index contributed by atoms with van der Waals surface area (Å²) in [4.78, 5) is 12.8. The zero-order valence-electron chi connectivity index (χ0n) is 10.4. The van der Waals surface area contributed by atoms with Crippen LogP contribution in [0.1, 0.15) is 35.7 Å². The third kappa shape index (κ3) is 2.52. The largest absolute Gasteiger partial charge is 0.390 e. The Morgan fingerprint density at radius 2 is 2.11 bits per heavy atom. The van der Waals surface area contributed by atoms with Crippen molar-refractivity contribution in [3.8, 4) is 6.07 Å². The predicted octanol–water partition coefficient (Wildman–Crippen LogP) is 1.72. The van der Waals surface area contributed by atoms with E-state index in [1.54, 1.807) is 12.1 Å². The van der Waals surface area contributed by atoms with Gasteiger partial charge in [0.15, 0.2) is 0 Å². The molecule has 0 saturated carbocycles. The predicted molar refractivity (Wildman–Crippen MR) is 68.6 cm³/mol. The van der Waals surface area contributed by atoms with Crippen molar-refractivity contribution in [1.29, 1.82) is 5.26 Å². The third-order valence-electron chi connectivity index (χ3n) is 3.46. The van der Waals surface area contributed by atoms with E-state index >= 15 is 0 Å². The molecule has 1 N–H and O–H groups in total. The number of piperidine rings is 1. The number of benzene rings is 1. The van der Waals surface area contributed by atoms with Crippen LogP contribution >= 0.6 is 0 Å². The molecule has 0 radical (unpaired) electrons. The Morgan fingerprint density at radius 3 is 2.67 bits per heavy atom. The van der Waals surface area contributed by atoms with Gasteiger partial charge in [-0.1, -0.05) is 0 Å². The van der Waals surface area contributed by atoms with E-state index in [9.17, 15) is 9.90 Å². The Labute approximate surface area is 106 Å². The first kappa shape index (κ1) is 12.6. The summed E-state index contributed by atoms with van der Waals surface area (Å²) >= 11 is 0. The third-order valence-corrected chi connectivity index (χ3v) is 3.46. The van der Waals surface area contributed by atoms with Crippen molar-refractivity contribution >= 4 is 12.0 Å². The molecule has 0 amide bonds. The number of nitrogens with zero attached hydrogens (tertiary/aromatic N) is 2. The second-order valence-electron chi connectivity index (χ2n) is 4.99. The molecule has 0 aromatic heterocycles. The van der Waals surface area contributed by atoms with E-state index in [0.29, 0.717) is 24.0 Å². The molecule has 4 nitrogen and oxygen atoms in total. The van der Waals surface area contributed by atoms with Gasteiger partial charge in [-0.05, 0) is 38.0 Å². The summed E-state index contributed by atoms with van der Waals surface area (Å²) in [7, 11) is 0. The zero-order valence-corrected chi connectivity index (χ0v) is 10.4. The molecule has 1 heterocycles. The molecule has 0 atom stereocenters. The summed E-state index contributed by atoms with van der Waals surface area (Å²) in [5.74, 6) is 0. The maximum absolute atomic E-state index is 10.7. The summed E-state index contributed by atoms with van der Waals surface area (Å²) in [6.07, 6.45) is 2.12. The van der Waals surface area contributed by atoms with Gasteiger partial charge in [-0.15, -0.1) is 0 Å². The SMILES string of the molecule is CC1(O)CCN(c2ccc(C=O)cc2C#N)CC1. The Kier molecular flexibility index (Phi) is 3.35. The van der Waals surface area contributed by atoms with Gasteiger partial charge in [0.1, 0.15) is 12.4 Å². The van der Waals surface area contributed by atoms with Crippen LogP contribution in [0.3, 0.4) is 0 Å². The van der Waals surface area contributed by atoms with Crippen LogP contribution in [-0.4, -0.2) is 30.1 Å². The molecule has 1 fully saturated rings. The normalized spacial score (nSPS) is 18.2. The lowest BCUT2D eigenvalue weighted by molar-refractivity contribution is 0.0351. The van der Waals surface area contributed by atoms with E-state index < -0.39 is 5.60 Å². The van der Waals surface area contributed by atoms with Crippen molar-refractivity contribution < 1.29 is 9.90 Å². The fourth-order valence-electron chi connectivity index (χ4n) is 2.22. The van der Waals surface area contributed by atoms with E-state index in [0.717, 1.165) is 25.1 Å². The zero-order chi connectivity index (χ0) is 13.2. The van der Waals surface area contributed by atoms with E-state index in [-0.39, 0.29) is 0 Å². The molecule has 1 aromatic carbocycles. The van der Waals surface area contributed by atoms with Gasteiger partial charge in [-0.2, -0.15) is 5.26 Å². The highest BCUT2D eigenvalue weighted by atomic mass is 16.3. The fraction of sp³-hybridized carbons (Fsp3) is 0.429. The van der Waals surface area contributed by atoms with Gasteiger partial charge < -0.3 is 10.0 Å². The number of carbonyl (C=O) groups excluding carboxylic acids is 1. The minimum Gasteiger partial charge on any atom is -0.390 e.